The van der Waals surface area contributed by atoms with E-state index in [-0.39, 0.29) is 18.6 Å². The largest absolute Gasteiger partial charge is 0.460 e. The average molecular weight is 336 g/mol. The Balaban J connectivity index is 0.000000922. The first-order chi connectivity index (χ1) is 11.2. The smallest absolute Gasteiger partial charge is 0.374 e. The molecule has 0 bridgehead atoms. The Morgan fingerprint density at radius 1 is 1.21 bits per heavy atom. The highest BCUT2D eigenvalue weighted by Gasteiger charge is 2.17. The summed E-state index contributed by atoms with van der Waals surface area (Å²) in [5.41, 5.74) is 7.10. The van der Waals surface area contributed by atoms with Crippen molar-refractivity contribution in [2.45, 2.75) is 72.3 Å². The Morgan fingerprint density at radius 3 is 2.38 bits per heavy atom. The van der Waals surface area contributed by atoms with Gasteiger partial charge in [0.2, 0.25) is 5.78 Å². The topological polar surface area (TPSA) is 82.3 Å². The number of carbonyl (C=O) groups excluding carboxylic acids is 2. The maximum atomic E-state index is 11.7. The summed E-state index contributed by atoms with van der Waals surface area (Å²) in [6.07, 6.45) is 5.98. The first kappa shape index (κ1) is 22.2. The first-order valence-corrected chi connectivity index (χ1v) is 8.60. The van der Waals surface area contributed by atoms with Crippen molar-refractivity contribution in [3.8, 4) is 0 Å². The zero-order chi connectivity index (χ0) is 18.6. The lowest BCUT2D eigenvalue weighted by Gasteiger charge is -2.07. The summed E-state index contributed by atoms with van der Waals surface area (Å²) in [7, 11) is 0. The highest BCUT2D eigenvalue weighted by atomic mass is 16.5. The Kier molecular flexibility index (Phi) is 10.9. The van der Waals surface area contributed by atoms with Crippen LogP contribution in [0.1, 0.15) is 65.1 Å². The van der Waals surface area contributed by atoms with Crippen LogP contribution >= 0.6 is 0 Å². The summed E-state index contributed by atoms with van der Waals surface area (Å²) in [4.78, 5) is 27.3. The summed E-state index contributed by atoms with van der Waals surface area (Å²) < 4.78 is 4.71. The molecule has 0 atom stereocenters. The number of hydrogen-bond acceptors (Lipinski definition) is 5. The summed E-state index contributed by atoms with van der Waals surface area (Å²) >= 11 is 0. The zero-order valence-electron chi connectivity index (χ0n) is 15.7. The number of ether oxygens (including phenoxy) is 1. The van der Waals surface area contributed by atoms with Crippen molar-refractivity contribution in [3.63, 3.8) is 0 Å². The van der Waals surface area contributed by atoms with Gasteiger partial charge in [0.15, 0.2) is 0 Å². The summed E-state index contributed by atoms with van der Waals surface area (Å²) in [6, 6.07) is 3.64. The third kappa shape index (κ3) is 11.8. The van der Waals surface area contributed by atoms with E-state index in [1.54, 1.807) is 19.2 Å². The van der Waals surface area contributed by atoms with E-state index >= 15 is 0 Å². The molecule has 1 aromatic heterocycles. The third-order valence-electron chi connectivity index (χ3n) is 2.86. The molecule has 136 valence electrons. The van der Waals surface area contributed by atoms with Crippen molar-refractivity contribution in [3.05, 3.63) is 29.6 Å². The molecule has 5 nitrogen and oxygen atoms in total. The second-order valence-electron chi connectivity index (χ2n) is 6.75. The van der Waals surface area contributed by atoms with E-state index in [1.807, 2.05) is 26.8 Å². The molecule has 0 aliphatic carbocycles. The molecule has 0 saturated heterocycles. The predicted molar refractivity (Wildman–Crippen MR) is 96.8 cm³/mol. The van der Waals surface area contributed by atoms with Crippen molar-refractivity contribution in [1.82, 2.24) is 4.98 Å². The van der Waals surface area contributed by atoms with E-state index < -0.39 is 11.8 Å². The van der Waals surface area contributed by atoms with Crippen LogP contribution in [0.2, 0.25) is 0 Å². The number of Topliss-reactive ketones (excluding diaryl/α,β-unsaturated/α-hetero) is 1. The van der Waals surface area contributed by atoms with Crippen LogP contribution in [0, 0.1) is 0 Å². The quantitative estimate of drug-likeness (QED) is 0.448. The summed E-state index contributed by atoms with van der Waals surface area (Å²) in [5, 5.41) is 0. The SMILES string of the molecule is CC(C)(C)N.CCCCCc1ncccc1CC(=O)C(=O)OCC. The molecule has 0 aliphatic rings. The van der Waals surface area contributed by atoms with Crippen LogP contribution in [0.25, 0.3) is 0 Å². The number of aromatic nitrogens is 1. The highest BCUT2D eigenvalue weighted by Crippen LogP contribution is 2.11. The van der Waals surface area contributed by atoms with Gasteiger partial charge in [0, 0.05) is 23.9 Å². The van der Waals surface area contributed by atoms with Gasteiger partial charge in [-0.2, -0.15) is 0 Å². The molecule has 2 N–H and O–H groups in total. The molecule has 1 heterocycles. The maximum Gasteiger partial charge on any atom is 0.374 e. The molecule has 0 spiro atoms. The minimum atomic E-state index is -0.758. The molecule has 5 heteroatoms. The lowest BCUT2D eigenvalue weighted by atomic mass is 10.0. The van der Waals surface area contributed by atoms with Gasteiger partial charge in [0.05, 0.1) is 6.61 Å². The molecule has 1 aromatic rings. The molecular weight excluding hydrogens is 304 g/mol. The van der Waals surface area contributed by atoms with Gasteiger partial charge in [-0.1, -0.05) is 25.8 Å². The van der Waals surface area contributed by atoms with Crippen LogP contribution in [0.3, 0.4) is 0 Å². The minimum Gasteiger partial charge on any atom is -0.460 e. The number of unbranched alkanes of at least 4 members (excludes halogenated alkanes) is 2. The van der Waals surface area contributed by atoms with Crippen LogP contribution < -0.4 is 5.73 Å². The van der Waals surface area contributed by atoms with Gasteiger partial charge in [-0.3, -0.25) is 9.78 Å². The van der Waals surface area contributed by atoms with Gasteiger partial charge < -0.3 is 10.5 Å². The fourth-order valence-electron chi connectivity index (χ4n) is 1.86. The molecule has 0 radical (unpaired) electrons. The lowest BCUT2D eigenvalue weighted by Crippen LogP contribution is -2.26. The first-order valence-electron chi connectivity index (χ1n) is 8.60. The van der Waals surface area contributed by atoms with Gasteiger partial charge in [0.25, 0.3) is 0 Å². The van der Waals surface area contributed by atoms with E-state index in [1.165, 1.54) is 0 Å². The maximum absolute atomic E-state index is 11.7. The second-order valence-corrected chi connectivity index (χ2v) is 6.75. The van der Waals surface area contributed by atoms with Gasteiger partial charge in [0.1, 0.15) is 0 Å². The molecule has 0 fully saturated rings. The number of aryl methyl sites for hydroxylation is 1. The number of ketones is 1. The van der Waals surface area contributed by atoms with E-state index in [0.717, 1.165) is 36.9 Å². The number of rotatable bonds is 8. The average Bonchev–Trinajstić information content (AvgIpc) is 2.47. The van der Waals surface area contributed by atoms with Crippen molar-refractivity contribution in [2.75, 3.05) is 6.61 Å². The number of nitrogens with two attached hydrogens (primary N) is 1. The fourth-order valence-corrected chi connectivity index (χ4v) is 1.86. The second kappa shape index (κ2) is 11.7. The number of esters is 1. The van der Waals surface area contributed by atoms with Crippen LogP contribution in [0.4, 0.5) is 0 Å². The molecule has 1 rings (SSSR count). The Labute approximate surface area is 146 Å². The number of nitrogens with zero attached hydrogens (tertiary/aromatic N) is 1. The third-order valence-corrected chi connectivity index (χ3v) is 2.86. The molecular formula is C19H32N2O3. The van der Waals surface area contributed by atoms with Crippen LogP contribution in [0.5, 0.6) is 0 Å². The standard InChI is InChI=1S/C15H21NO3.C4H11N/c1-3-5-6-9-13-12(8-7-10-16-13)11-14(17)15(18)19-4-2;1-4(2,3)5/h7-8,10H,3-6,9,11H2,1-2H3;5H2,1-3H3. The predicted octanol–water partition coefficient (Wildman–Crippen LogP) is 3.23. The van der Waals surface area contributed by atoms with Gasteiger partial charge in [-0.05, 0) is 52.2 Å². The number of hydrogen-bond donors (Lipinski definition) is 1. The van der Waals surface area contributed by atoms with E-state index in [2.05, 4.69) is 11.9 Å². The van der Waals surface area contributed by atoms with Gasteiger partial charge in [-0.15, -0.1) is 0 Å². The molecule has 0 aromatic carbocycles. The minimum absolute atomic E-state index is 0. The summed E-state index contributed by atoms with van der Waals surface area (Å²) in [6.45, 7) is 9.95. The fraction of sp³-hybridized carbons (Fsp3) is 0.632. The van der Waals surface area contributed by atoms with Crippen LogP contribution in [-0.2, 0) is 27.2 Å². The van der Waals surface area contributed by atoms with E-state index in [4.69, 9.17) is 10.5 Å². The highest BCUT2D eigenvalue weighted by molar-refractivity contribution is 6.34. The number of carbonyl (C=O) groups is 2. The van der Waals surface area contributed by atoms with E-state index in [0.29, 0.717) is 0 Å². The van der Waals surface area contributed by atoms with Crippen LogP contribution in [-0.4, -0.2) is 28.9 Å². The van der Waals surface area contributed by atoms with Crippen molar-refractivity contribution >= 4 is 11.8 Å². The normalized spacial score (nSPS) is 10.6. The van der Waals surface area contributed by atoms with Crippen LogP contribution in [0.15, 0.2) is 18.3 Å². The Hall–Kier alpha value is -1.75. The lowest BCUT2D eigenvalue weighted by molar-refractivity contribution is -0.153. The van der Waals surface area contributed by atoms with Gasteiger partial charge >= 0.3 is 5.97 Å². The number of pyridine rings is 1. The van der Waals surface area contributed by atoms with Crippen molar-refractivity contribution in [2.24, 2.45) is 5.73 Å². The van der Waals surface area contributed by atoms with E-state index in [9.17, 15) is 9.59 Å². The summed E-state index contributed by atoms with van der Waals surface area (Å²) in [5.74, 6) is -1.27. The Morgan fingerprint density at radius 2 is 1.83 bits per heavy atom. The zero-order valence-corrected chi connectivity index (χ0v) is 15.7. The van der Waals surface area contributed by atoms with Crippen molar-refractivity contribution < 1.29 is 14.3 Å². The molecule has 0 unspecified atom stereocenters. The van der Waals surface area contributed by atoms with Crippen molar-refractivity contribution in [1.29, 1.82) is 0 Å². The monoisotopic (exact) mass is 336 g/mol. The molecule has 0 amide bonds. The molecule has 0 saturated carbocycles. The Bertz CT molecular complexity index is 502. The molecule has 0 aliphatic heterocycles. The molecule has 24 heavy (non-hydrogen) atoms. The van der Waals surface area contributed by atoms with Gasteiger partial charge in [-0.25, -0.2) is 4.79 Å².